The number of carboxylic acid groups (broad SMARTS) is 1. The van der Waals surface area contributed by atoms with Crippen LogP contribution in [0.15, 0.2) is 88.9 Å². The topological polar surface area (TPSA) is 138 Å². The number of benzene rings is 1. The number of carbonyl (C=O) groups is 2. The molecular formula is C22H18N4O5. The Bertz CT molecular complexity index is 1220. The van der Waals surface area contributed by atoms with Crippen LogP contribution in [0.5, 0.6) is 0 Å². The minimum atomic E-state index is -1.30. The lowest BCUT2D eigenvalue weighted by Gasteiger charge is -2.18. The zero-order valence-electron chi connectivity index (χ0n) is 16.2. The first-order chi connectivity index (χ1) is 14.9. The van der Waals surface area contributed by atoms with E-state index < -0.39 is 29.1 Å². The molecular weight excluding hydrogens is 400 g/mol. The predicted molar refractivity (Wildman–Crippen MR) is 114 cm³/mol. The van der Waals surface area contributed by atoms with Crippen LogP contribution in [0.25, 0.3) is 11.5 Å². The second-order valence-electron chi connectivity index (χ2n) is 6.30. The number of nitrogens with zero attached hydrogens (tertiary/aromatic N) is 2. The Hall–Kier alpha value is -4.53. The van der Waals surface area contributed by atoms with E-state index in [4.69, 9.17) is 5.11 Å². The van der Waals surface area contributed by atoms with E-state index in [2.05, 4.69) is 38.1 Å². The molecule has 1 amide bonds. The van der Waals surface area contributed by atoms with Gasteiger partial charge in [-0.05, 0) is 11.1 Å². The van der Waals surface area contributed by atoms with E-state index in [-0.39, 0.29) is 17.2 Å². The molecule has 1 atom stereocenters. The quantitative estimate of drug-likeness (QED) is 0.478. The Balaban J connectivity index is 1.90. The number of carbonyl (C=O) groups excluding carboxylic acids is 1. The Labute approximate surface area is 176 Å². The van der Waals surface area contributed by atoms with Crippen LogP contribution in [0.1, 0.15) is 22.0 Å². The zero-order valence-corrected chi connectivity index (χ0v) is 16.2. The molecule has 0 saturated carbocycles. The first kappa shape index (κ1) is 21.2. The lowest BCUT2D eigenvalue weighted by Crippen LogP contribution is -2.26. The molecule has 0 radical (unpaired) electrons. The van der Waals surface area contributed by atoms with Crippen LogP contribution in [0.3, 0.4) is 0 Å². The average Bonchev–Trinajstić information content (AvgIpc) is 3.26. The number of hydrogen-bond donors (Lipinski definition) is 3. The summed E-state index contributed by atoms with van der Waals surface area (Å²) in [6.45, 7) is 7.42. The van der Waals surface area contributed by atoms with Gasteiger partial charge in [-0.1, -0.05) is 66.9 Å². The molecule has 9 nitrogen and oxygen atoms in total. The zero-order chi connectivity index (χ0) is 22.4. The van der Waals surface area contributed by atoms with Crippen molar-refractivity contribution in [3.8, 4) is 11.5 Å². The van der Waals surface area contributed by atoms with Crippen molar-refractivity contribution in [2.75, 3.05) is 5.32 Å². The Morgan fingerprint density at radius 1 is 1.23 bits per heavy atom. The molecule has 31 heavy (non-hydrogen) atoms. The summed E-state index contributed by atoms with van der Waals surface area (Å²) < 4.78 is 4.65. The van der Waals surface area contributed by atoms with Gasteiger partial charge in [0, 0.05) is 6.07 Å². The van der Waals surface area contributed by atoms with Crippen molar-refractivity contribution in [2.45, 2.75) is 5.92 Å². The van der Waals surface area contributed by atoms with Crippen LogP contribution in [0.4, 0.5) is 5.69 Å². The summed E-state index contributed by atoms with van der Waals surface area (Å²) >= 11 is 0. The minimum Gasteiger partial charge on any atom is -0.475 e. The Kier molecular flexibility index (Phi) is 6.36. The van der Waals surface area contributed by atoms with Crippen molar-refractivity contribution in [2.24, 2.45) is 0 Å². The number of nitrogens with one attached hydrogen (secondary N) is 2. The first-order valence-electron chi connectivity index (χ1n) is 9.05. The van der Waals surface area contributed by atoms with E-state index in [1.807, 2.05) is 6.07 Å². The smallest absolute Gasteiger partial charge is 0.374 e. The number of aromatic carboxylic acids is 1. The Morgan fingerprint density at radius 2 is 1.97 bits per heavy atom. The van der Waals surface area contributed by atoms with Gasteiger partial charge in [0.15, 0.2) is 5.82 Å². The first-order valence-corrected chi connectivity index (χ1v) is 9.05. The van der Waals surface area contributed by atoms with E-state index in [1.165, 1.54) is 0 Å². The molecule has 0 bridgehead atoms. The molecule has 156 valence electrons. The van der Waals surface area contributed by atoms with Gasteiger partial charge in [0.25, 0.3) is 5.56 Å². The maximum absolute atomic E-state index is 13.1. The highest BCUT2D eigenvalue weighted by atomic mass is 16.5. The van der Waals surface area contributed by atoms with Gasteiger partial charge < -0.3 is 19.9 Å². The number of carboxylic acids is 1. The third-order valence-electron chi connectivity index (χ3n) is 4.30. The van der Waals surface area contributed by atoms with Crippen LogP contribution in [-0.4, -0.2) is 32.1 Å². The summed E-state index contributed by atoms with van der Waals surface area (Å²) in [7, 11) is 0. The standard InChI is InChI=1S/C22H18N4O5/c1-3-8-13(4-2)18(14-9-6-5-7-10-14)21(28)24-16-12-23-19(25-20(16)27)15-11-17(22(29)30)31-26-15/h3-12,18H,1-2H2,(H,24,28)(H,29,30)(H,23,25,27)/b13-8+. The average molecular weight is 418 g/mol. The molecule has 0 aliphatic heterocycles. The molecule has 2 heterocycles. The van der Waals surface area contributed by atoms with Gasteiger partial charge in [0.1, 0.15) is 11.4 Å². The number of H-pyrrole nitrogens is 1. The normalized spacial score (nSPS) is 12.1. The van der Waals surface area contributed by atoms with Gasteiger partial charge in [-0.3, -0.25) is 9.59 Å². The molecule has 1 aromatic carbocycles. The fourth-order valence-corrected chi connectivity index (χ4v) is 2.87. The van der Waals surface area contributed by atoms with Crippen LogP contribution < -0.4 is 10.9 Å². The minimum absolute atomic E-state index is 0.00260. The molecule has 3 aromatic rings. The molecule has 9 heteroatoms. The van der Waals surface area contributed by atoms with Gasteiger partial charge in [-0.2, -0.15) is 0 Å². The summed E-state index contributed by atoms with van der Waals surface area (Å²) in [6, 6.07) is 10.1. The molecule has 3 rings (SSSR count). The summed E-state index contributed by atoms with van der Waals surface area (Å²) in [4.78, 5) is 42.9. The molecule has 0 fully saturated rings. The van der Waals surface area contributed by atoms with E-state index in [0.29, 0.717) is 11.1 Å². The highest BCUT2D eigenvalue weighted by Gasteiger charge is 2.24. The summed E-state index contributed by atoms with van der Waals surface area (Å²) in [5, 5.41) is 15.0. The lowest BCUT2D eigenvalue weighted by molar-refractivity contribution is -0.116. The number of aromatic nitrogens is 3. The summed E-state index contributed by atoms with van der Waals surface area (Å²) in [5.74, 6) is -2.90. The Morgan fingerprint density at radius 3 is 2.55 bits per heavy atom. The highest BCUT2D eigenvalue weighted by molar-refractivity contribution is 5.98. The number of hydrogen-bond acceptors (Lipinski definition) is 6. The van der Waals surface area contributed by atoms with Gasteiger partial charge in [-0.25, -0.2) is 9.78 Å². The maximum atomic E-state index is 13.1. The molecule has 0 spiro atoms. The van der Waals surface area contributed by atoms with Crippen LogP contribution in [0.2, 0.25) is 0 Å². The van der Waals surface area contributed by atoms with Crippen molar-refractivity contribution >= 4 is 17.6 Å². The second-order valence-corrected chi connectivity index (χ2v) is 6.30. The van der Waals surface area contributed by atoms with Gasteiger partial charge in [0.2, 0.25) is 11.7 Å². The maximum Gasteiger partial charge on any atom is 0.374 e. The van der Waals surface area contributed by atoms with E-state index in [9.17, 15) is 14.4 Å². The highest BCUT2D eigenvalue weighted by Crippen LogP contribution is 2.27. The van der Waals surface area contributed by atoms with Crippen molar-refractivity contribution < 1.29 is 19.2 Å². The number of allylic oxidation sites excluding steroid dienone is 3. The monoisotopic (exact) mass is 418 g/mol. The van der Waals surface area contributed by atoms with E-state index in [1.54, 1.807) is 42.5 Å². The van der Waals surface area contributed by atoms with Gasteiger partial charge >= 0.3 is 5.97 Å². The van der Waals surface area contributed by atoms with E-state index >= 15 is 0 Å². The third kappa shape index (κ3) is 4.73. The third-order valence-corrected chi connectivity index (χ3v) is 4.30. The van der Waals surface area contributed by atoms with Crippen molar-refractivity contribution in [1.29, 1.82) is 0 Å². The summed E-state index contributed by atoms with van der Waals surface area (Å²) in [5.41, 5.74) is 0.621. The predicted octanol–water partition coefficient (Wildman–Crippen LogP) is 3.14. The summed E-state index contributed by atoms with van der Waals surface area (Å²) in [6.07, 6.45) is 5.93. The van der Waals surface area contributed by atoms with Crippen molar-refractivity contribution in [3.63, 3.8) is 0 Å². The van der Waals surface area contributed by atoms with Crippen LogP contribution in [0, 0.1) is 0 Å². The fraction of sp³-hybridized carbons (Fsp3) is 0.0455. The number of aromatic amines is 1. The molecule has 1 unspecified atom stereocenters. The molecule has 0 aliphatic carbocycles. The fourth-order valence-electron chi connectivity index (χ4n) is 2.87. The van der Waals surface area contributed by atoms with Crippen LogP contribution >= 0.6 is 0 Å². The molecule has 3 N–H and O–H groups in total. The largest absolute Gasteiger partial charge is 0.475 e. The molecule has 0 saturated heterocycles. The lowest BCUT2D eigenvalue weighted by atomic mass is 9.89. The van der Waals surface area contributed by atoms with Crippen molar-refractivity contribution in [1.82, 2.24) is 15.1 Å². The molecule has 2 aromatic heterocycles. The SMILES string of the molecule is C=C/C=C(\C=C)C(C(=O)Nc1cnc(-c2cc(C(=O)O)on2)[nH]c1=O)c1ccccc1. The molecule has 0 aliphatic rings. The number of amides is 1. The van der Waals surface area contributed by atoms with E-state index in [0.717, 1.165) is 12.3 Å². The second kappa shape index (κ2) is 9.31. The van der Waals surface area contributed by atoms with Crippen LogP contribution in [-0.2, 0) is 4.79 Å². The van der Waals surface area contributed by atoms with Gasteiger partial charge in [0.05, 0.1) is 12.1 Å². The number of rotatable bonds is 8. The van der Waals surface area contributed by atoms with Gasteiger partial charge in [-0.15, -0.1) is 0 Å². The van der Waals surface area contributed by atoms with Crippen molar-refractivity contribution in [3.05, 3.63) is 101 Å². The number of anilines is 1.